The Morgan fingerprint density at radius 3 is 2.33 bits per heavy atom. The van der Waals surface area contributed by atoms with Gasteiger partial charge in [0.2, 0.25) is 0 Å². The smallest absolute Gasteiger partial charge is 0.372 e. The molecule has 5 rings (SSSR count). The molecule has 204 valence electrons. The minimum absolute atomic E-state index is 0.101. The number of aromatic nitrogens is 1. The highest BCUT2D eigenvalue weighted by molar-refractivity contribution is 6.03. The molecule has 39 heavy (non-hydrogen) atoms. The van der Waals surface area contributed by atoms with Gasteiger partial charge in [-0.25, -0.2) is 9.78 Å². The summed E-state index contributed by atoms with van der Waals surface area (Å²) in [5.74, 6) is 0.222. The summed E-state index contributed by atoms with van der Waals surface area (Å²) in [6.45, 7) is 0.907. The molecule has 1 N–H and O–H groups in total. The zero-order valence-corrected chi connectivity index (χ0v) is 20.5. The second kappa shape index (κ2) is 9.54. The molecule has 2 amide bonds. The lowest BCUT2D eigenvalue weighted by Crippen LogP contribution is -2.39. The number of nitrogens with one attached hydrogen (secondary N) is 1. The maximum atomic E-state index is 13.5. The molecule has 0 aliphatic carbocycles. The molecule has 0 atom stereocenters. The second-order valence-electron chi connectivity index (χ2n) is 9.28. The van der Waals surface area contributed by atoms with Crippen LogP contribution in [0.15, 0.2) is 70.9 Å². The molecule has 0 spiro atoms. The SMILES string of the molecule is CN1CCCCN(C(=O)Nc2cccc(C3(C(F)(F)F)N=N3)c2)c2nc(-c3cccc(C(F)(F)F)c3)ccc21. The van der Waals surface area contributed by atoms with E-state index in [2.05, 4.69) is 20.5 Å². The fourth-order valence-electron chi connectivity index (χ4n) is 4.44. The minimum atomic E-state index is -4.72. The number of hydrogen-bond acceptors (Lipinski definition) is 5. The molecule has 0 unspecified atom stereocenters. The van der Waals surface area contributed by atoms with Gasteiger partial charge in [-0.05, 0) is 49.2 Å². The van der Waals surface area contributed by atoms with E-state index in [1.165, 1.54) is 35.2 Å². The van der Waals surface area contributed by atoms with Crippen LogP contribution >= 0.6 is 0 Å². The van der Waals surface area contributed by atoms with Gasteiger partial charge in [-0.1, -0.05) is 24.3 Å². The highest BCUT2D eigenvalue weighted by Gasteiger charge is 2.65. The van der Waals surface area contributed by atoms with Gasteiger partial charge in [0.1, 0.15) is 0 Å². The Morgan fingerprint density at radius 2 is 1.64 bits per heavy atom. The Hall–Kier alpha value is -4.16. The third-order valence-corrected chi connectivity index (χ3v) is 6.59. The summed E-state index contributed by atoms with van der Waals surface area (Å²) >= 11 is 0. The molecule has 1 aromatic heterocycles. The van der Waals surface area contributed by atoms with E-state index in [1.54, 1.807) is 12.1 Å². The van der Waals surface area contributed by atoms with E-state index in [4.69, 9.17) is 0 Å². The van der Waals surface area contributed by atoms with Gasteiger partial charge < -0.3 is 10.2 Å². The van der Waals surface area contributed by atoms with Crippen molar-refractivity contribution in [3.63, 3.8) is 0 Å². The Morgan fingerprint density at radius 1 is 0.923 bits per heavy atom. The molecule has 3 heterocycles. The van der Waals surface area contributed by atoms with Gasteiger partial charge in [-0.2, -0.15) is 26.3 Å². The van der Waals surface area contributed by atoms with Crippen molar-refractivity contribution in [3.8, 4) is 11.3 Å². The van der Waals surface area contributed by atoms with Crippen molar-refractivity contribution in [2.24, 2.45) is 10.2 Å². The molecular weight excluding hydrogens is 526 g/mol. The van der Waals surface area contributed by atoms with Crippen LogP contribution in [0.25, 0.3) is 11.3 Å². The van der Waals surface area contributed by atoms with Crippen molar-refractivity contribution in [1.82, 2.24) is 4.98 Å². The fraction of sp³-hybridized carbons (Fsp3) is 0.308. The van der Waals surface area contributed by atoms with Crippen LogP contribution in [0, 0.1) is 0 Å². The summed E-state index contributed by atoms with van der Waals surface area (Å²) in [4.78, 5) is 21.3. The summed E-state index contributed by atoms with van der Waals surface area (Å²) in [7, 11) is 1.81. The first-order chi connectivity index (χ1) is 18.4. The average Bonchev–Trinajstić information content (AvgIpc) is 3.70. The lowest BCUT2D eigenvalue weighted by atomic mass is 10.0. The fourth-order valence-corrected chi connectivity index (χ4v) is 4.44. The Balaban J connectivity index is 1.48. The standard InChI is InChI=1S/C26H22F6N6O/c1-37-12-2-3-13-38(23(39)33-19-9-5-7-17(15-19)24(35-36-24)26(30,31)32)22-21(37)11-10-20(34-22)16-6-4-8-18(14-16)25(27,28)29/h4-11,14-15H,2-3,12-13H2,1H3,(H,33,39). The first-order valence-electron chi connectivity index (χ1n) is 12.0. The van der Waals surface area contributed by atoms with Crippen LogP contribution in [0.3, 0.4) is 0 Å². The van der Waals surface area contributed by atoms with E-state index in [1.807, 2.05) is 11.9 Å². The van der Waals surface area contributed by atoms with Crippen molar-refractivity contribution in [3.05, 3.63) is 71.8 Å². The molecule has 0 bridgehead atoms. The maximum Gasteiger partial charge on any atom is 0.442 e. The van der Waals surface area contributed by atoms with E-state index in [9.17, 15) is 31.1 Å². The van der Waals surface area contributed by atoms with Gasteiger partial charge in [0, 0.05) is 37.0 Å². The third kappa shape index (κ3) is 5.12. The van der Waals surface area contributed by atoms with E-state index < -0.39 is 29.6 Å². The van der Waals surface area contributed by atoms with E-state index in [-0.39, 0.29) is 34.9 Å². The van der Waals surface area contributed by atoms with Crippen LogP contribution in [0.1, 0.15) is 24.0 Å². The highest BCUT2D eigenvalue weighted by Crippen LogP contribution is 2.52. The first-order valence-corrected chi connectivity index (χ1v) is 12.0. The Bertz CT molecular complexity index is 1430. The van der Waals surface area contributed by atoms with Crippen molar-refractivity contribution >= 4 is 23.2 Å². The minimum Gasteiger partial charge on any atom is -0.372 e. The number of hydrogen-bond donors (Lipinski definition) is 1. The number of alkyl halides is 6. The van der Waals surface area contributed by atoms with Crippen LogP contribution in [0.4, 0.5) is 48.3 Å². The van der Waals surface area contributed by atoms with Gasteiger partial charge in [0.25, 0.3) is 0 Å². The number of nitrogens with zero attached hydrogens (tertiary/aromatic N) is 5. The topological polar surface area (TPSA) is 73.2 Å². The number of carbonyl (C=O) groups excluding carboxylic acids is 1. The Kier molecular flexibility index (Phi) is 6.47. The number of amides is 2. The summed E-state index contributed by atoms with van der Waals surface area (Å²) in [6.07, 6.45) is -7.90. The molecular formula is C26H22F6N6O. The monoisotopic (exact) mass is 548 g/mol. The average molecular weight is 548 g/mol. The highest BCUT2D eigenvalue weighted by atomic mass is 19.4. The molecule has 7 nitrogen and oxygen atoms in total. The van der Waals surface area contributed by atoms with E-state index in [0.717, 1.165) is 24.6 Å². The lowest BCUT2D eigenvalue weighted by Gasteiger charge is -2.31. The van der Waals surface area contributed by atoms with Gasteiger partial charge in [-0.3, -0.25) is 4.90 Å². The predicted molar refractivity (Wildman–Crippen MR) is 133 cm³/mol. The molecule has 13 heteroatoms. The van der Waals surface area contributed by atoms with Crippen LogP contribution in [-0.4, -0.2) is 37.3 Å². The third-order valence-electron chi connectivity index (χ3n) is 6.59. The number of pyridine rings is 1. The van der Waals surface area contributed by atoms with E-state index >= 15 is 0 Å². The number of carbonyl (C=O) groups is 1. The molecule has 0 fully saturated rings. The summed E-state index contributed by atoms with van der Waals surface area (Å²) in [6, 6.07) is 12.6. The van der Waals surface area contributed by atoms with Crippen molar-refractivity contribution in [2.75, 3.05) is 35.3 Å². The van der Waals surface area contributed by atoms with Crippen molar-refractivity contribution < 1.29 is 31.1 Å². The zero-order valence-electron chi connectivity index (χ0n) is 20.5. The van der Waals surface area contributed by atoms with Gasteiger partial charge in [0.05, 0.1) is 16.9 Å². The number of fused-ring (bicyclic) bond motifs is 1. The lowest BCUT2D eigenvalue weighted by molar-refractivity contribution is -0.166. The van der Waals surface area contributed by atoms with Gasteiger partial charge >= 0.3 is 24.0 Å². The molecule has 2 aliphatic heterocycles. The van der Waals surface area contributed by atoms with Crippen molar-refractivity contribution in [2.45, 2.75) is 30.9 Å². The normalized spacial score (nSPS) is 16.8. The van der Waals surface area contributed by atoms with E-state index in [0.29, 0.717) is 18.7 Å². The second-order valence-corrected chi connectivity index (χ2v) is 9.28. The number of urea groups is 1. The Labute approximate surface area is 219 Å². The molecule has 0 radical (unpaired) electrons. The van der Waals surface area contributed by atoms with Crippen LogP contribution in [0.5, 0.6) is 0 Å². The van der Waals surface area contributed by atoms with Crippen LogP contribution in [0.2, 0.25) is 0 Å². The van der Waals surface area contributed by atoms with Crippen molar-refractivity contribution in [1.29, 1.82) is 0 Å². The molecule has 3 aromatic rings. The first kappa shape index (κ1) is 26.4. The largest absolute Gasteiger partial charge is 0.442 e. The van der Waals surface area contributed by atoms with Crippen LogP contribution < -0.4 is 15.1 Å². The molecule has 0 saturated heterocycles. The van der Waals surface area contributed by atoms with Crippen LogP contribution in [-0.2, 0) is 11.8 Å². The molecule has 2 aromatic carbocycles. The summed E-state index contributed by atoms with van der Waals surface area (Å²) in [5.41, 5.74) is -2.55. The zero-order chi connectivity index (χ0) is 28.0. The summed E-state index contributed by atoms with van der Waals surface area (Å²) in [5, 5.41) is 9.02. The molecule has 2 aliphatic rings. The predicted octanol–water partition coefficient (Wildman–Crippen LogP) is 7.22. The van der Waals surface area contributed by atoms with Gasteiger partial charge in [-0.15, -0.1) is 10.2 Å². The quantitative estimate of drug-likeness (QED) is 0.352. The molecule has 0 saturated carbocycles. The maximum absolute atomic E-state index is 13.5. The summed E-state index contributed by atoms with van der Waals surface area (Å²) < 4.78 is 80.3. The number of benzene rings is 2. The number of anilines is 3. The number of halogens is 6. The van der Waals surface area contributed by atoms with Gasteiger partial charge in [0.15, 0.2) is 5.82 Å². The number of rotatable bonds is 3.